The van der Waals surface area contributed by atoms with Gasteiger partial charge in [0.2, 0.25) is 0 Å². The molecule has 1 aromatic rings. The van der Waals surface area contributed by atoms with E-state index in [4.69, 9.17) is 0 Å². The lowest BCUT2D eigenvalue weighted by atomic mass is 9.69. The summed E-state index contributed by atoms with van der Waals surface area (Å²) >= 11 is 0. The van der Waals surface area contributed by atoms with Gasteiger partial charge < -0.3 is 9.90 Å². The van der Waals surface area contributed by atoms with E-state index >= 15 is 0 Å². The fraction of sp³-hybridized carbons (Fsp3) is 0.462. The molecule has 0 heterocycles. The average Bonchev–Trinajstić information content (AvgIpc) is 2.30. The van der Waals surface area contributed by atoms with Crippen LogP contribution >= 0.6 is 0 Å². The van der Waals surface area contributed by atoms with E-state index < -0.39 is 11.4 Å². The first-order valence-electron chi connectivity index (χ1n) is 5.63. The monoisotopic (exact) mass is 221 g/mol. The molecule has 1 saturated carbocycles. The van der Waals surface area contributed by atoms with Crippen molar-refractivity contribution < 1.29 is 14.3 Å². The number of rotatable bonds is 2. The standard InChI is InChI=1S/C13H15FO2/c14-11-6-4-10(5-7-11)13(12(15)16)8-2-1-3-9-13/h4-7H,1-3,8-9H2,(H,15,16)/p-1. The topological polar surface area (TPSA) is 40.1 Å². The van der Waals surface area contributed by atoms with Crippen LogP contribution in [-0.4, -0.2) is 5.97 Å². The van der Waals surface area contributed by atoms with Crippen molar-refractivity contribution in [3.63, 3.8) is 0 Å². The summed E-state index contributed by atoms with van der Waals surface area (Å²) in [5.74, 6) is -1.37. The Labute approximate surface area is 94.1 Å². The molecule has 0 N–H and O–H groups in total. The van der Waals surface area contributed by atoms with E-state index in [2.05, 4.69) is 0 Å². The lowest BCUT2D eigenvalue weighted by molar-refractivity contribution is -0.315. The fourth-order valence-electron chi connectivity index (χ4n) is 2.53. The molecule has 16 heavy (non-hydrogen) atoms. The second-order valence-electron chi connectivity index (χ2n) is 4.44. The Morgan fingerprint density at radius 2 is 1.69 bits per heavy atom. The molecule has 0 saturated heterocycles. The zero-order chi connectivity index (χ0) is 11.6. The predicted octanol–water partition coefficient (Wildman–Crippen LogP) is 1.78. The van der Waals surface area contributed by atoms with Gasteiger partial charge in [0.1, 0.15) is 5.82 Å². The van der Waals surface area contributed by atoms with E-state index in [0.717, 1.165) is 19.3 Å². The van der Waals surface area contributed by atoms with E-state index in [9.17, 15) is 14.3 Å². The third kappa shape index (κ3) is 1.82. The number of halogens is 1. The quantitative estimate of drug-likeness (QED) is 0.763. The highest BCUT2D eigenvalue weighted by Crippen LogP contribution is 2.39. The first-order chi connectivity index (χ1) is 7.65. The molecule has 1 aliphatic rings. The number of aliphatic carboxylic acids is 1. The van der Waals surface area contributed by atoms with Crippen LogP contribution < -0.4 is 5.11 Å². The largest absolute Gasteiger partial charge is 0.549 e. The Kier molecular flexibility index (Phi) is 2.95. The van der Waals surface area contributed by atoms with Crippen molar-refractivity contribution in [3.8, 4) is 0 Å². The number of benzene rings is 1. The smallest absolute Gasteiger partial charge is 0.123 e. The van der Waals surface area contributed by atoms with Gasteiger partial charge in [-0.25, -0.2) is 4.39 Å². The molecule has 0 spiro atoms. The zero-order valence-electron chi connectivity index (χ0n) is 9.04. The van der Waals surface area contributed by atoms with Crippen molar-refractivity contribution in [2.75, 3.05) is 0 Å². The predicted molar refractivity (Wildman–Crippen MR) is 56.2 cm³/mol. The van der Waals surface area contributed by atoms with Crippen molar-refractivity contribution in [1.29, 1.82) is 0 Å². The molecule has 0 bridgehead atoms. The van der Waals surface area contributed by atoms with Crippen molar-refractivity contribution in [2.45, 2.75) is 37.5 Å². The third-order valence-electron chi connectivity index (χ3n) is 3.49. The molecule has 3 heteroatoms. The Morgan fingerprint density at radius 3 is 2.19 bits per heavy atom. The van der Waals surface area contributed by atoms with E-state index in [-0.39, 0.29) is 5.82 Å². The summed E-state index contributed by atoms with van der Waals surface area (Å²) in [7, 11) is 0. The van der Waals surface area contributed by atoms with Crippen molar-refractivity contribution in [1.82, 2.24) is 0 Å². The molecule has 0 aromatic heterocycles. The maximum atomic E-state index is 12.8. The highest BCUT2D eigenvalue weighted by molar-refractivity contribution is 5.79. The van der Waals surface area contributed by atoms with E-state index in [1.54, 1.807) is 12.1 Å². The summed E-state index contributed by atoms with van der Waals surface area (Å²) in [5.41, 5.74) is -0.222. The molecule has 2 rings (SSSR count). The molecule has 0 amide bonds. The minimum absolute atomic E-state index is 0.340. The molecule has 0 aliphatic heterocycles. The van der Waals surface area contributed by atoms with E-state index in [1.807, 2.05) is 0 Å². The molecule has 0 atom stereocenters. The lowest BCUT2D eigenvalue weighted by Crippen LogP contribution is -2.47. The van der Waals surface area contributed by atoms with Crippen LogP contribution in [0.2, 0.25) is 0 Å². The van der Waals surface area contributed by atoms with Crippen LogP contribution in [0.1, 0.15) is 37.7 Å². The summed E-state index contributed by atoms with van der Waals surface area (Å²) in [6.07, 6.45) is 4.05. The van der Waals surface area contributed by atoms with Gasteiger partial charge in [-0.15, -0.1) is 0 Å². The van der Waals surface area contributed by atoms with Gasteiger partial charge in [0.05, 0.1) is 5.97 Å². The molecule has 0 radical (unpaired) electrons. The van der Waals surface area contributed by atoms with Gasteiger partial charge in [0.15, 0.2) is 0 Å². The Morgan fingerprint density at radius 1 is 1.12 bits per heavy atom. The van der Waals surface area contributed by atoms with Gasteiger partial charge in [0, 0.05) is 5.41 Å². The van der Waals surface area contributed by atoms with Crippen LogP contribution in [-0.2, 0) is 10.2 Å². The first-order valence-corrected chi connectivity index (χ1v) is 5.63. The van der Waals surface area contributed by atoms with Gasteiger partial charge >= 0.3 is 0 Å². The van der Waals surface area contributed by atoms with Gasteiger partial charge in [-0.3, -0.25) is 0 Å². The van der Waals surface area contributed by atoms with E-state index in [0.29, 0.717) is 18.4 Å². The van der Waals surface area contributed by atoms with Crippen molar-refractivity contribution >= 4 is 5.97 Å². The van der Waals surface area contributed by atoms with Crippen LogP contribution in [0.5, 0.6) is 0 Å². The summed E-state index contributed by atoms with van der Waals surface area (Å²) in [6, 6.07) is 5.76. The molecule has 1 fully saturated rings. The fourth-order valence-corrected chi connectivity index (χ4v) is 2.53. The number of carbonyl (C=O) groups is 1. The molecule has 2 nitrogen and oxygen atoms in total. The lowest BCUT2D eigenvalue weighted by Gasteiger charge is -2.38. The summed E-state index contributed by atoms with van der Waals surface area (Å²) in [5, 5.41) is 11.4. The van der Waals surface area contributed by atoms with Gasteiger partial charge in [0.25, 0.3) is 0 Å². The average molecular weight is 221 g/mol. The minimum Gasteiger partial charge on any atom is -0.549 e. The van der Waals surface area contributed by atoms with Crippen molar-refractivity contribution in [2.24, 2.45) is 0 Å². The summed E-state index contributed by atoms with van der Waals surface area (Å²) in [4.78, 5) is 11.4. The van der Waals surface area contributed by atoms with Crippen LogP contribution in [0.3, 0.4) is 0 Å². The number of carbonyl (C=O) groups excluding carboxylic acids is 1. The van der Waals surface area contributed by atoms with Gasteiger partial charge in [-0.2, -0.15) is 0 Å². The zero-order valence-corrected chi connectivity index (χ0v) is 9.04. The number of carboxylic acids is 1. The normalized spacial score (nSPS) is 19.3. The van der Waals surface area contributed by atoms with Crippen LogP contribution in [0.25, 0.3) is 0 Å². The second-order valence-corrected chi connectivity index (χ2v) is 4.44. The highest BCUT2D eigenvalue weighted by atomic mass is 19.1. The molecule has 86 valence electrons. The molecule has 1 aliphatic carbocycles. The van der Waals surface area contributed by atoms with Gasteiger partial charge in [-0.05, 0) is 30.5 Å². The molecule has 0 unspecified atom stereocenters. The molecule has 1 aromatic carbocycles. The first kappa shape index (κ1) is 11.1. The Balaban J connectivity index is 2.38. The summed E-state index contributed by atoms with van der Waals surface area (Å²) < 4.78 is 12.8. The maximum absolute atomic E-state index is 12.8. The Hall–Kier alpha value is -1.38. The number of hydrogen-bond acceptors (Lipinski definition) is 2. The number of carboxylic acid groups (broad SMARTS) is 1. The highest BCUT2D eigenvalue weighted by Gasteiger charge is 2.35. The van der Waals surface area contributed by atoms with Crippen molar-refractivity contribution in [3.05, 3.63) is 35.6 Å². The second kappa shape index (κ2) is 4.24. The van der Waals surface area contributed by atoms with Gasteiger partial charge in [-0.1, -0.05) is 31.4 Å². The summed E-state index contributed by atoms with van der Waals surface area (Å²) in [6.45, 7) is 0. The SMILES string of the molecule is O=C([O-])C1(c2ccc(F)cc2)CCCCC1. The molecular formula is C13H14FO2-. The van der Waals surface area contributed by atoms with Crippen LogP contribution in [0, 0.1) is 5.82 Å². The Bertz CT molecular complexity index is 377. The maximum Gasteiger partial charge on any atom is 0.123 e. The van der Waals surface area contributed by atoms with Crippen LogP contribution in [0.4, 0.5) is 4.39 Å². The number of hydrogen-bond donors (Lipinski definition) is 0. The minimum atomic E-state index is -1.03. The van der Waals surface area contributed by atoms with Crippen LogP contribution in [0.15, 0.2) is 24.3 Å². The van der Waals surface area contributed by atoms with E-state index in [1.165, 1.54) is 12.1 Å². The molecular weight excluding hydrogens is 207 g/mol. The third-order valence-corrected chi connectivity index (χ3v) is 3.49.